The maximum absolute atomic E-state index is 11.9. The Labute approximate surface area is 109 Å². The molecule has 0 aliphatic carbocycles. The number of rotatable bonds is 3. The maximum atomic E-state index is 11.9. The van der Waals surface area contributed by atoms with Crippen molar-refractivity contribution in [3.05, 3.63) is 41.5 Å². The van der Waals surface area contributed by atoms with Crippen LogP contribution in [0.5, 0.6) is 5.75 Å². The molecule has 0 spiro atoms. The zero-order chi connectivity index (χ0) is 14.0. The van der Waals surface area contributed by atoms with Crippen LogP contribution in [0.2, 0.25) is 0 Å². The second kappa shape index (κ2) is 4.97. The van der Waals surface area contributed by atoms with Crippen molar-refractivity contribution in [2.24, 2.45) is 0 Å². The summed E-state index contributed by atoms with van der Waals surface area (Å²) in [5.74, 6) is -0.879. The Kier molecular flexibility index (Phi) is 3.37. The largest absolute Gasteiger partial charge is 0.496 e. The van der Waals surface area contributed by atoms with Crippen molar-refractivity contribution in [3.63, 3.8) is 0 Å². The second-order valence-corrected chi connectivity index (χ2v) is 3.93. The number of aromatic carboxylic acids is 1. The van der Waals surface area contributed by atoms with E-state index in [-0.39, 0.29) is 11.5 Å². The van der Waals surface area contributed by atoms with Crippen molar-refractivity contribution >= 4 is 22.6 Å². The first kappa shape index (κ1) is 12.9. The molecule has 2 rings (SSSR count). The van der Waals surface area contributed by atoms with E-state index < -0.39 is 5.97 Å². The lowest BCUT2D eigenvalue weighted by molar-refractivity contribution is 0.0699. The molecule has 0 bridgehead atoms. The molecule has 19 heavy (non-hydrogen) atoms. The quantitative estimate of drug-likeness (QED) is 0.882. The predicted octanol–water partition coefficient (Wildman–Crippen LogP) is 1.91. The smallest absolute Gasteiger partial charge is 0.336 e. The lowest BCUT2D eigenvalue weighted by Crippen LogP contribution is -2.19. The van der Waals surface area contributed by atoms with Gasteiger partial charge in [-0.25, -0.2) is 4.79 Å². The molecule has 5 heteroatoms. The molecule has 98 valence electrons. The highest BCUT2D eigenvalue weighted by Gasteiger charge is 2.18. The van der Waals surface area contributed by atoms with Crippen LogP contribution >= 0.6 is 0 Å². The van der Waals surface area contributed by atoms with E-state index in [0.29, 0.717) is 22.1 Å². The number of ether oxygens (including phenoxy) is 1. The maximum Gasteiger partial charge on any atom is 0.336 e. The number of benzene rings is 2. The van der Waals surface area contributed by atoms with Crippen LogP contribution < -0.4 is 10.1 Å². The lowest BCUT2D eigenvalue weighted by Gasteiger charge is -2.11. The molecule has 2 aromatic carbocycles. The summed E-state index contributed by atoms with van der Waals surface area (Å²) < 4.78 is 5.21. The molecule has 2 N–H and O–H groups in total. The molecular weight excluding hydrogens is 246 g/mol. The van der Waals surface area contributed by atoms with Gasteiger partial charge in [-0.15, -0.1) is 0 Å². The van der Waals surface area contributed by atoms with Gasteiger partial charge in [0.15, 0.2) is 0 Å². The minimum Gasteiger partial charge on any atom is -0.496 e. The van der Waals surface area contributed by atoms with Gasteiger partial charge in [-0.2, -0.15) is 0 Å². The highest BCUT2D eigenvalue weighted by molar-refractivity contribution is 6.15. The van der Waals surface area contributed by atoms with Crippen LogP contribution in [0.3, 0.4) is 0 Å². The minimum absolute atomic E-state index is 0.0787. The Hall–Kier alpha value is -2.56. The summed E-state index contributed by atoms with van der Waals surface area (Å²) in [7, 11) is 3.00. The van der Waals surface area contributed by atoms with Crippen molar-refractivity contribution in [1.29, 1.82) is 0 Å². The van der Waals surface area contributed by atoms with E-state index in [9.17, 15) is 14.7 Å². The monoisotopic (exact) mass is 259 g/mol. The average Bonchev–Trinajstić information content (AvgIpc) is 2.44. The summed E-state index contributed by atoms with van der Waals surface area (Å²) in [6.45, 7) is 0. The average molecular weight is 259 g/mol. The molecule has 0 atom stereocenters. The third-order valence-corrected chi connectivity index (χ3v) is 2.92. The standard InChI is InChI=1S/C14H13NO4/c1-15-13(16)9-6-7-11(19-2)8-4-3-5-10(12(8)9)14(17)18/h3-7H,1-2H3,(H,15,16)(H,17,18). The first-order valence-electron chi connectivity index (χ1n) is 5.65. The van der Waals surface area contributed by atoms with Gasteiger partial charge in [-0.3, -0.25) is 4.79 Å². The Morgan fingerprint density at radius 3 is 2.47 bits per heavy atom. The molecule has 5 nitrogen and oxygen atoms in total. The highest BCUT2D eigenvalue weighted by Crippen LogP contribution is 2.31. The molecule has 0 unspecified atom stereocenters. The molecular formula is C14H13NO4. The van der Waals surface area contributed by atoms with E-state index in [1.54, 1.807) is 24.3 Å². The van der Waals surface area contributed by atoms with Crippen molar-refractivity contribution in [1.82, 2.24) is 5.32 Å². The predicted molar refractivity (Wildman–Crippen MR) is 70.8 cm³/mol. The number of carboxylic acids is 1. The Morgan fingerprint density at radius 1 is 1.16 bits per heavy atom. The van der Waals surface area contributed by atoms with Crippen LogP contribution in [-0.2, 0) is 0 Å². The molecule has 0 saturated carbocycles. The zero-order valence-electron chi connectivity index (χ0n) is 10.6. The number of methoxy groups -OCH3 is 1. The van der Waals surface area contributed by atoms with Crippen LogP contribution in [0.1, 0.15) is 20.7 Å². The summed E-state index contributed by atoms with van der Waals surface area (Å²) in [6.07, 6.45) is 0. The van der Waals surface area contributed by atoms with Gasteiger partial charge < -0.3 is 15.2 Å². The summed E-state index contributed by atoms with van der Waals surface area (Å²) in [5, 5.41) is 12.7. The number of carbonyl (C=O) groups is 2. The summed E-state index contributed by atoms with van der Waals surface area (Å²) in [4.78, 5) is 23.2. The molecule has 2 aromatic rings. The fraction of sp³-hybridized carbons (Fsp3) is 0.143. The van der Waals surface area contributed by atoms with Gasteiger partial charge in [0, 0.05) is 23.4 Å². The topological polar surface area (TPSA) is 75.6 Å². The Bertz CT molecular complexity index is 664. The molecule has 0 heterocycles. The third kappa shape index (κ3) is 2.10. The Morgan fingerprint density at radius 2 is 1.89 bits per heavy atom. The molecule has 0 aliphatic heterocycles. The van der Waals surface area contributed by atoms with Crippen molar-refractivity contribution in [2.45, 2.75) is 0 Å². The fourth-order valence-electron chi connectivity index (χ4n) is 2.06. The van der Waals surface area contributed by atoms with Crippen LogP contribution in [-0.4, -0.2) is 31.1 Å². The van der Waals surface area contributed by atoms with Gasteiger partial charge in [0.2, 0.25) is 0 Å². The minimum atomic E-state index is -1.08. The van der Waals surface area contributed by atoms with Crippen LogP contribution in [0.4, 0.5) is 0 Å². The van der Waals surface area contributed by atoms with E-state index in [2.05, 4.69) is 5.32 Å². The normalized spacial score (nSPS) is 10.2. The first-order chi connectivity index (χ1) is 9.10. The van der Waals surface area contributed by atoms with Crippen molar-refractivity contribution < 1.29 is 19.4 Å². The lowest BCUT2D eigenvalue weighted by atomic mass is 9.98. The second-order valence-electron chi connectivity index (χ2n) is 3.93. The number of nitrogens with one attached hydrogen (secondary N) is 1. The SMILES string of the molecule is CNC(=O)c1ccc(OC)c2cccc(C(=O)O)c12. The van der Waals surface area contributed by atoms with Crippen LogP contribution in [0.15, 0.2) is 30.3 Å². The fourth-order valence-corrected chi connectivity index (χ4v) is 2.06. The molecule has 1 amide bonds. The number of fused-ring (bicyclic) bond motifs is 1. The first-order valence-corrected chi connectivity index (χ1v) is 5.65. The van der Waals surface area contributed by atoms with Gasteiger partial charge >= 0.3 is 5.97 Å². The number of carbonyl (C=O) groups excluding carboxylic acids is 1. The Balaban J connectivity index is 2.91. The molecule has 0 fully saturated rings. The van der Waals surface area contributed by atoms with E-state index in [1.807, 2.05) is 0 Å². The van der Waals surface area contributed by atoms with E-state index in [4.69, 9.17) is 4.74 Å². The van der Waals surface area contributed by atoms with Gasteiger partial charge in [-0.1, -0.05) is 12.1 Å². The van der Waals surface area contributed by atoms with Crippen molar-refractivity contribution in [2.75, 3.05) is 14.2 Å². The highest BCUT2D eigenvalue weighted by atomic mass is 16.5. The van der Waals surface area contributed by atoms with Crippen LogP contribution in [0, 0.1) is 0 Å². The molecule has 0 saturated heterocycles. The summed E-state index contributed by atoms with van der Waals surface area (Å²) in [5.41, 5.74) is 0.395. The van der Waals surface area contributed by atoms with Crippen molar-refractivity contribution in [3.8, 4) is 5.75 Å². The zero-order valence-corrected chi connectivity index (χ0v) is 10.6. The molecule has 0 aromatic heterocycles. The van der Waals surface area contributed by atoms with E-state index >= 15 is 0 Å². The number of carboxylic acid groups (broad SMARTS) is 1. The van der Waals surface area contributed by atoms with Gasteiger partial charge in [-0.05, 0) is 18.2 Å². The number of amides is 1. The van der Waals surface area contributed by atoms with Gasteiger partial charge in [0.1, 0.15) is 5.75 Å². The van der Waals surface area contributed by atoms with E-state index in [1.165, 1.54) is 20.2 Å². The third-order valence-electron chi connectivity index (χ3n) is 2.92. The van der Waals surface area contributed by atoms with Crippen LogP contribution in [0.25, 0.3) is 10.8 Å². The summed E-state index contributed by atoms with van der Waals surface area (Å²) >= 11 is 0. The van der Waals surface area contributed by atoms with Gasteiger partial charge in [0.25, 0.3) is 5.91 Å². The molecule has 0 radical (unpaired) electrons. The summed E-state index contributed by atoms with van der Waals surface area (Å²) in [6, 6.07) is 8.04. The van der Waals surface area contributed by atoms with E-state index in [0.717, 1.165) is 0 Å². The van der Waals surface area contributed by atoms with Gasteiger partial charge in [0.05, 0.1) is 12.7 Å². The molecule has 0 aliphatic rings. The number of hydrogen-bond donors (Lipinski definition) is 2. The number of hydrogen-bond acceptors (Lipinski definition) is 3.